The minimum Gasteiger partial charge on any atom is -0.358 e. The van der Waals surface area contributed by atoms with Gasteiger partial charge < -0.3 is 22.3 Å². The molecule has 0 N–H and O–H groups in total. The zero-order chi connectivity index (χ0) is 0. The average Bonchev–Trinajstić information content (AvgIpc) is 0. The minimum absolute atomic E-state index is 0. The molecule has 38 valence electrons. The van der Waals surface area contributed by atoms with E-state index in [-0.39, 0.29) is 50.8 Å². The summed E-state index contributed by atoms with van der Waals surface area (Å²) >= 11 is 0. The van der Waals surface area contributed by atoms with Crippen molar-refractivity contribution in [2.45, 2.75) is 7.43 Å². The maximum absolute atomic E-state index is 0. The van der Waals surface area contributed by atoms with Crippen LogP contribution in [0.5, 0.6) is 0 Å². The van der Waals surface area contributed by atoms with Crippen molar-refractivity contribution < 1.29 is 21.1 Å². The van der Waals surface area contributed by atoms with E-state index in [2.05, 4.69) is 0 Å². The summed E-state index contributed by atoms with van der Waals surface area (Å²) in [4.78, 5) is 0. The number of hydrogen-bond donors (Lipinski definition) is 0. The molecule has 5 heavy (non-hydrogen) atoms. The van der Waals surface area contributed by atoms with E-state index in [4.69, 9.17) is 0 Å². The molecule has 0 aromatic carbocycles. The summed E-state index contributed by atoms with van der Waals surface area (Å²) in [6, 6.07) is 0. The van der Waals surface area contributed by atoms with Gasteiger partial charge in [0.25, 0.3) is 0 Å². The standard InChI is InChI=1S/CH4.3CH3.W/h1H4;3*1H3;/q;3*-1;. The van der Waals surface area contributed by atoms with Gasteiger partial charge >= 0.3 is 0 Å². The van der Waals surface area contributed by atoms with E-state index in [1.54, 1.807) is 0 Å². The van der Waals surface area contributed by atoms with Gasteiger partial charge in [-0.3, -0.25) is 0 Å². The quantitative estimate of drug-likeness (QED) is 0.572. The Morgan fingerprint density at radius 2 is 0.600 bits per heavy atom. The third-order valence-corrected chi connectivity index (χ3v) is 0. The van der Waals surface area contributed by atoms with Crippen LogP contribution in [0.15, 0.2) is 0 Å². The second-order valence-corrected chi connectivity index (χ2v) is 0. The monoisotopic (exact) mass is 245 g/mol. The molecule has 0 radical (unpaired) electrons. The van der Waals surface area contributed by atoms with Crippen molar-refractivity contribution >= 4 is 0 Å². The van der Waals surface area contributed by atoms with Crippen LogP contribution in [-0.2, 0) is 21.1 Å². The van der Waals surface area contributed by atoms with Crippen LogP contribution in [0.2, 0.25) is 0 Å². The fourth-order valence-corrected chi connectivity index (χ4v) is 0. The van der Waals surface area contributed by atoms with E-state index in [0.29, 0.717) is 0 Å². The Bertz CT molecular complexity index is 3.61. The van der Waals surface area contributed by atoms with Gasteiger partial charge in [-0.2, -0.15) is 0 Å². The van der Waals surface area contributed by atoms with Gasteiger partial charge in [-0.05, 0) is 0 Å². The van der Waals surface area contributed by atoms with Crippen LogP contribution < -0.4 is 0 Å². The largest absolute Gasteiger partial charge is 0.358 e. The Hall–Kier alpha value is 0.688. The van der Waals surface area contributed by atoms with Crippen LogP contribution >= 0.6 is 0 Å². The van der Waals surface area contributed by atoms with E-state index >= 15 is 0 Å². The second kappa shape index (κ2) is 135. The van der Waals surface area contributed by atoms with Crippen molar-refractivity contribution in [3.05, 3.63) is 22.3 Å². The van der Waals surface area contributed by atoms with Crippen molar-refractivity contribution in [1.82, 2.24) is 0 Å². The molecule has 1 heteroatoms. The predicted molar refractivity (Wildman–Crippen MR) is 26.0 cm³/mol. The van der Waals surface area contributed by atoms with E-state index in [0.717, 1.165) is 0 Å². The molecule has 0 fully saturated rings. The molecule has 0 atom stereocenters. The van der Waals surface area contributed by atoms with Gasteiger partial charge in [0.2, 0.25) is 0 Å². The topological polar surface area (TPSA) is 0 Å². The molecule has 0 aromatic heterocycles. The van der Waals surface area contributed by atoms with Gasteiger partial charge in [-0.1, -0.05) is 7.43 Å². The Kier molecular flexibility index (Phi) is 7110. The first-order valence-corrected chi connectivity index (χ1v) is 0. The summed E-state index contributed by atoms with van der Waals surface area (Å²) < 4.78 is 0. The summed E-state index contributed by atoms with van der Waals surface area (Å²) in [6.07, 6.45) is 0. The van der Waals surface area contributed by atoms with Crippen LogP contribution in [0.4, 0.5) is 0 Å². The third-order valence-electron chi connectivity index (χ3n) is 0. The first-order chi connectivity index (χ1) is 0. The van der Waals surface area contributed by atoms with Crippen molar-refractivity contribution in [3.8, 4) is 0 Å². The van der Waals surface area contributed by atoms with Gasteiger partial charge in [0.05, 0.1) is 0 Å². The average molecular weight is 245 g/mol. The summed E-state index contributed by atoms with van der Waals surface area (Å²) in [5.74, 6) is 0. The molecule has 0 bridgehead atoms. The first kappa shape index (κ1) is 264. The summed E-state index contributed by atoms with van der Waals surface area (Å²) in [6.45, 7) is 0. The first-order valence-electron chi connectivity index (χ1n) is 0. The zero-order valence-corrected chi connectivity index (χ0v) is 6.34. The molecule has 0 amide bonds. The van der Waals surface area contributed by atoms with Crippen LogP contribution in [-0.4, -0.2) is 0 Å². The van der Waals surface area contributed by atoms with Crippen LogP contribution in [0.1, 0.15) is 7.43 Å². The minimum atomic E-state index is 0. The van der Waals surface area contributed by atoms with Gasteiger partial charge in [0, 0.05) is 21.1 Å². The number of rotatable bonds is 0. The molecule has 0 nitrogen and oxygen atoms in total. The molecule has 0 aliphatic carbocycles. The Balaban J connectivity index is 0. The normalized spacial score (nSPS) is 0. The molecule has 0 saturated carbocycles. The van der Waals surface area contributed by atoms with E-state index < -0.39 is 0 Å². The van der Waals surface area contributed by atoms with Crippen molar-refractivity contribution in [1.29, 1.82) is 0 Å². The molecule has 0 spiro atoms. The van der Waals surface area contributed by atoms with Crippen molar-refractivity contribution in [3.63, 3.8) is 0 Å². The fraction of sp³-hybridized carbons (Fsp3) is 0.250. The maximum Gasteiger partial charge on any atom is 0 e. The zero-order valence-electron chi connectivity index (χ0n) is 3.41. The molecule has 0 aliphatic heterocycles. The molecular formula is C4H13W-3. The molecule has 0 rings (SSSR count). The smallest absolute Gasteiger partial charge is 0 e. The number of hydrogen-bond acceptors (Lipinski definition) is 0. The van der Waals surface area contributed by atoms with Crippen LogP contribution in [0.25, 0.3) is 0 Å². The maximum atomic E-state index is 0. The molecule has 0 aliphatic rings. The summed E-state index contributed by atoms with van der Waals surface area (Å²) in [5.41, 5.74) is 0. The predicted octanol–water partition coefficient (Wildman–Crippen LogP) is 1.98. The van der Waals surface area contributed by atoms with Crippen molar-refractivity contribution in [2.24, 2.45) is 0 Å². The molecule has 0 saturated heterocycles. The van der Waals surface area contributed by atoms with Gasteiger partial charge in [-0.15, -0.1) is 0 Å². The van der Waals surface area contributed by atoms with Crippen LogP contribution in [0.3, 0.4) is 0 Å². The third kappa shape index (κ3) is 71.5. The van der Waals surface area contributed by atoms with Crippen LogP contribution in [0, 0.1) is 22.3 Å². The van der Waals surface area contributed by atoms with E-state index in [1.165, 1.54) is 0 Å². The Labute approximate surface area is 51.2 Å². The van der Waals surface area contributed by atoms with Crippen molar-refractivity contribution in [2.75, 3.05) is 0 Å². The summed E-state index contributed by atoms with van der Waals surface area (Å²) in [5, 5.41) is 0. The Morgan fingerprint density at radius 1 is 0.600 bits per heavy atom. The molecule has 0 unspecified atom stereocenters. The molecule has 0 aromatic rings. The molecule has 0 heterocycles. The Morgan fingerprint density at radius 3 is 0.600 bits per heavy atom. The fourth-order valence-electron chi connectivity index (χ4n) is 0. The van der Waals surface area contributed by atoms with E-state index in [1.807, 2.05) is 0 Å². The van der Waals surface area contributed by atoms with E-state index in [9.17, 15) is 0 Å². The molecular weight excluding hydrogens is 232 g/mol. The SMILES string of the molecule is C.[CH3-].[CH3-].[CH3-].[W]. The summed E-state index contributed by atoms with van der Waals surface area (Å²) in [7, 11) is 0. The second-order valence-electron chi connectivity index (χ2n) is 0. The van der Waals surface area contributed by atoms with Gasteiger partial charge in [0.1, 0.15) is 0 Å². The van der Waals surface area contributed by atoms with Gasteiger partial charge in [-0.25, -0.2) is 0 Å². The van der Waals surface area contributed by atoms with Gasteiger partial charge in [0.15, 0.2) is 0 Å².